The molecule has 1 saturated carbocycles. The molecular formula is C26H38N6O2. The maximum absolute atomic E-state index is 12.3. The summed E-state index contributed by atoms with van der Waals surface area (Å²) in [7, 11) is 7.94. The van der Waals surface area contributed by atoms with E-state index in [0.717, 1.165) is 48.4 Å². The molecule has 8 heteroatoms. The Morgan fingerprint density at radius 1 is 0.706 bits per heavy atom. The van der Waals surface area contributed by atoms with Gasteiger partial charge < -0.3 is 31.1 Å². The molecule has 3 rings (SSSR count). The largest absolute Gasteiger partial charge is 0.378 e. The Balaban J connectivity index is 1.36. The quantitative estimate of drug-likeness (QED) is 0.459. The molecule has 184 valence electrons. The Labute approximate surface area is 203 Å². The van der Waals surface area contributed by atoms with Crippen molar-refractivity contribution in [3.8, 4) is 0 Å². The molecule has 0 unspecified atom stereocenters. The van der Waals surface area contributed by atoms with Gasteiger partial charge in [-0.15, -0.1) is 0 Å². The molecule has 8 nitrogen and oxygen atoms in total. The van der Waals surface area contributed by atoms with Gasteiger partial charge in [0.05, 0.1) is 0 Å². The molecule has 0 spiro atoms. The topological polar surface area (TPSA) is 88.7 Å². The number of nitrogens with one attached hydrogen (secondary N) is 4. The molecule has 1 aliphatic rings. The first-order chi connectivity index (χ1) is 16.3. The van der Waals surface area contributed by atoms with Gasteiger partial charge in [0.15, 0.2) is 0 Å². The van der Waals surface area contributed by atoms with Gasteiger partial charge in [0.2, 0.25) is 0 Å². The summed E-state index contributed by atoms with van der Waals surface area (Å²) in [6.45, 7) is 1.28. The number of amides is 4. The van der Waals surface area contributed by atoms with E-state index in [1.807, 2.05) is 86.5 Å². The Hall–Kier alpha value is -3.42. The fourth-order valence-corrected chi connectivity index (χ4v) is 4.28. The van der Waals surface area contributed by atoms with Crippen LogP contribution in [0.5, 0.6) is 0 Å². The predicted octanol–water partition coefficient (Wildman–Crippen LogP) is 4.57. The molecule has 0 aromatic heterocycles. The van der Waals surface area contributed by atoms with Crippen LogP contribution in [0.1, 0.15) is 25.7 Å². The van der Waals surface area contributed by atoms with Crippen LogP contribution in [-0.4, -0.2) is 53.3 Å². The molecule has 0 radical (unpaired) electrons. The maximum atomic E-state index is 12.3. The van der Waals surface area contributed by atoms with Gasteiger partial charge in [0.1, 0.15) is 0 Å². The van der Waals surface area contributed by atoms with Crippen LogP contribution in [0.15, 0.2) is 48.5 Å². The fourth-order valence-electron chi connectivity index (χ4n) is 4.28. The number of benzene rings is 2. The standard InChI is InChI=1S/C26H38N6O2/c1-31(2)23-12-8-21(9-13-23)29-25(33)27-17-19-6-5-7-20(16-19)18-28-26(34)30-22-10-14-24(15-11-22)32(3)4/h8-15,19-20H,5-7,16-18H2,1-4H3,(H2,27,29,33)(H2,28,30,34)/t19-,20+. The van der Waals surface area contributed by atoms with Gasteiger partial charge in [-0.05, 0) is 79.6 Å². The van der Waals surface area contributed by atoms with E-state index in [-0.39, 0.29) is 12.1 Å². The number of urea groups is 2. The molecule has 34 heavy (non-hydrogen) atoms. The third kappa shape index (κ3) is 7.86. The molecule has 0 bridgehead atoms. The van der Waals surface area contributed by atoms with Crippen molar-refractivity contribution >= 4 is 34.8 Å². The van der Waals surface area contributed by atoms with Crippen molar-refractivity contribution in [2.45, 2.75) is 25.7 Å². The molecule has 0 heterocycles. The molecule has 1 fully saturated rings. The lowest BCUT2D eigenvalue weighted by Crippen LogP contribution is -2.38. The number of carbonyl (C=O) groups excluding carboxylic acids is 2. The van der Waals surface area contributed by atoms with E-state index in [1.54, 1.807) is 0 Å². The number of carbonyl (C=O) groups is 2. The summed E-state index contributed by atoms with van der Waals surface area (Å²) in [5.41, 5.74) is 3.72. The smallest absolute Gasteiger partial charge is 0.319 e. The first-order valence-electron chi connectivity index (χ1n) is 11.9. The minimum Gasteiger partial charge on any atom is -0.378 e. The highest BCUT2D eigenvalue weighted by molar-refractivity contribution is 5.90. The summed E-state index contributed by atoms with van der Waals surface area (Å²) in [4.78, 5) is 28.6. The molecule has 2 aromatic carbocycles. The van der Waals surface area contributed by atoms with Crippen LogP contribution < -0.4 is 31.1 Å². The molecule has 4 amide bonds. The molecule has 0 aliphatic heterocycles. The summed E-state index contributed by atoms with van der Waals surface area (Å²) < 4.78 is 0. The van der Waals surface area contributed by atoms with Gasteiger partial charge in [0.25, 0.3) is 0 Å². The summed E-state index contributed by atoms with van der Waals surface area (Å²) in [6, 6.07) is 15.1. The zero-order chi connectivity index (χ0) is 24.5. The van der Waals surface area contributed by atoms with Crippen molar-refractivity contribution in [1.82, 2.24) is 10.6 Å². The summed E-state index contributed by atoms with van der Waals surface area (Å²) in [5.74, 6) is 0.841. The normalized spacial score (nSPS) is 17.4. The maximum Gasteiger partial charge on any atom is 0.319 e. The van der Waals surface area contributed by atoms with Gasteiger partial charge in [-0.3, -0.25) is 0 Å². The first-order valence-corrected chi connectivity index (χ1v) is 11.9. The van der Waals surface area contributed by atoms with E-state index in [1.165, 1.54) is 0 Å². The van der Waals surface area contributed by atoms with Crippen LogP contribution >= 0.6 is 0 Å². The van der Waals surface area contributed by atoms with Crippen LogP contribution in [0.2, 0.25) is 0 Å². The third-order valence-electron chi connectivity index (χ3n) is 6.28. The summed E-state index contributed by atoms with van der Waals surface area (Å²) in [6.07, 6.45) is 4.30. The van der Waals surface area contributed by atoms with Crippen molar-refractivity contribution in [1.29, 1.82) is 0 Å². The minimum atomic E-state index is -0.183. The average Bonchev–Trinajstić information content (AvgIpc) is 2.82. The van der Waals surface area contributed by atoms with Crippen molar-refractivity contribution < 1.29 is 9.59 Å². The Morgan fingerprint density at radius 3 is 1.44 bits per heavy atom. The second-order valence-electron chi connectivity index (χ2n) is 9.45. The van der Waals surface area contributed by atoms with Gasteiger partial charge >= 0.3 is 12.1 Å². The van der Waals surface area contributed by atoms with Crippen molar-refractivity contribution in [3.63, 3.8) is 0 Å². The number of nitrogens with zero attached hydrogens (tertiary/aromatic N) is 2. The Morgan fingerprint density at radius 2 is 1.09 bits per heavy atom. The molecule has 2 atom stereocenters. The van der Waals surface area contributed by atoms with E-state index < -0.39 is 0 Å². The molecule has 1 aliphatic carbocycles. The average molecular weight is 467 g/mol. The van der Waals surface area contributed by atoms with Gasteiger partial charge in [-0.1, -0.05) is 6.42 Å². The van der Waals surface area contributed by atoms with E-state index >= 15 is 0 Å². The van der Waals surface area contributed by atoms with Crippen LogP contribution in [-0.2, 0) is 0 Å². The summed E-state index contributed by atoms with van der Waals surface area (Å²) in [5, 5.41) is 11.8. The van der Waals surface area contributed by atoms with E-state index in [4.69, 9.17) is 0 Å². The summed E-state index contributed by atoms with van der Waals surface area (Å²) >= 11 is 0. The number of hydrogen-bond donors (Lipinski definition) is 4. The highest BCUT2D eigenvalue weighted by Crippen LogP contribution is 2.28. The van der Waals surface area contributed by atoms with E-state index in [2.05, 4.69) is 21.3 Å². The van der Waals surface area contributed by atoms with E-state index in [9.17, 15) is 9.59 Å². The highest BCUT2D eigenvalue weighted by Gasteiger charge is 2.23. The van der Waals surface area contributed by atoms with Crippen LogP contribution in [0, 0.1) is 11.8 Å². The van der Waals surface area contributed by atoms with Crippen molar-refractivity contribution in [3.05, 3.63) is 48.5 Å². The SMILES string of the molecule is CN(C)c1ccc(NC(=O)NC[C@H]2CCC[C@@H](CNC(=O)Nc3ccc(N(C)C)cc3)C2)cc1. The Kier molecular flexibility index (Phi) is 9.01. The highest BCUT2D eigenvalue weighted by atomic mass is 16.2. The third-order valence-corrected chi connectivity index (χ3v) is 6.28. The number of rotatable bonds is 8. The number of anilines is 4. The fraction of sp³-hybridized carbons (Fsp3) is 0.462. The van der Waals surface area contributed by atoms with Crippen LogP contribution in [0.4, 0.5) is 32.3 Å². The lowest BCUT2D eigenvalue weighted by atomic mass is 9.81. The molecule has 2 aromatic rings. The van der Waals surface area contributed by atoms with E-state index in [0.29, 0.717) is 24.9 Å². The minimum absolute atomic E-state index is 0.183. The van der Waals surface area contributed by atoms with Crippen LogP contribution in [0.25, 0.3) is 0 Å². The molecule has 4 N–H and O–H groups in total. The molecular weight excluding hydrogens is 428 g/mol. The van der Waals surface area contributed by atoms with Crippen LogP contribution in [0.3, 0.4) is 0 Å². The predicted molar refractivity (Wildman–Crippen MR) is 141 cm³/mol. The van der Waals surface area contributed by atoms with Crippen molar-refractivity contribution in [2.75, 3.05) is 61.7 Å². The monoisotopic (exact) mass is 466 g/mol. The lowest BCUT2D eigenvalue weighted by molar-refractivity contribution is 0.230. The van der Waals surface area contributed by atoms with Gasteiger partial charge in [-0.2, -0.15) is 0 Å². The van der Waals surface area contributed by atoms with Crippen molar-refractivity contribution in [2.24, 2.45) is 11.8 Å². The second-order valence-corrected chi connectivity index (χ2v) is 9.45. The lowest BCUT2D eigenvalue weighted by Gasteiger charge is -2.29. The Bertz CT molecular complexity index is 852. The van der Waals surface area contributed by atoms with Gasteiger partial charge in [-0.25, -0.2) is 9.59 Å². The zero-order valence-corrected chi connectivity index (χ0v) is 20.7. The zero-order valence-electron chi connectivity index (χ0n) is 20.7. The molecule has 0 saturated heterocycles. The van der Waals surface area contributed by atoms with Gasteiger partial charge in [0, 0.05) is 64.0 Å². The number of hydrogen-bond acceptors (Lipinski definition) is 4. The first kappa shape index (κ1) is 25.2. The second kappa shape index (κ2) is 12.2.